The highest BCUT2D eigenvalue weighted by molar-refractivity contribution is 5.72. The fourth-order valence-corrected chi connectivity index (χ4v) is 2.63. The first-order chi connectivity index (χ1) is 9.60. The lowest BCUT2D eigenvalue weighted by atomic mass is 10.2. The van der Waals surface area contributed by atoms with Crippen LogP contribution in [0, 0.1) is 0 Å². The molecule has 7 N–H and O–H groups in total. The minimum absolute atomic E-state index is 0.0361. The van der Waals surface area contributed by atoms with Crippen LogP contribution in [0.15, 0.2) is 0 Å². The van der Waals surface area contributed by atoms with Gasteiger partial charge in [0.1, 0.15) is 0 Å². The molecule has 120 valence electrons. The van der Waals surface area contributed by atoms with Gasteiger partial charge in [0.05, 0.1) is 26.2 Å². The zero-order valence-electron chi connectivity index (χ0n) is 13.1. The summed E-state index contributed by atoms with van der Waals surface area (Å²) in [6.45, 7) is 8.75. The quantitative estimate of drug-likeness (QED) is 0.267. The first-order valence-electron chi connectivity index (χ1n) is 7.80. The Morgan fingerprint density at radius 3 is 1.60 bits per heavy atom. The number of hydrogen-bond donors (Lipinski definition) is 4. The number of hydrogen-bond acceptors (Lipinski definition) is 4. The molecule has 0 spiro atoms. The summed E-state index contributed by atoms with van der Waals surface area (Å²) in [7, 11) is 0. The van der Waals surface area contributed by atoms with Crippen LogP contribution >= 0.6 is 0 Å². The number of nitrogens with zero attached hydrogens (tertiary/aromatic N) is 1. The van der Waals surface area contributed by atoms with Crippen LogP contribution in [0.25, 0.3) is 0 Å². The van der Waals surface area contributed by atoms with Gasteiger partial charge in [-0.3, -0.25) is 4.79 Å². The van der Waals surface area contributed by atoms with Crippen LogP contribution in [0.5, 0.6) is 0 Å². The maximum atomic E-state index is 10.9. The van der Waals surface area contributed by atoms with Crippen LogP contribution in [0.4, 0.5) is 0 Å². The lowest BCUT2D eigenvalue weighted by Crippen LogP contribution is -2.52. The topological polar surface area (TPSA) is 107 Å². The molecule has 0 aromatic rings. The SMILES string of the molecule is CC(=O)NCCC[N+](CCCN)(CCCN)CCCN. The highest BCUT2D eigenvalue weighted by atomic mass is 16.1. The van der Waals surface area contributed by atoms with E-state index in [4.69, 9.17) is 17.2 Å². The Morgan fingerprint density at radius 2 is 1.25 bits per heavy atom. The van der Waals surface area contributed by atoms with Gasteiger partial charge in [0.2, 0.25) is 5.91 Å². The Kier molecular flexibility index (Phi) is 11.7. The average molecular weight is 288 g/mol. The van der Waals surface area contributed by atoms with Gasteiger partial charge in [0.25, 0.3) is 0 Å². The molecule has 0 aliphatic heterocycles. The molecule has 0 rings (SSSR count). The second-order valence-corrected chi connectivity index (χ2v) is 5.50. The van der Waals surface area contributed by atoms with Crippen molar-refractivity contribution in [1.82, 2.24) is 5.32 Å². The summed E-state index contributed by atoms with van der Waals surface area (Å²) in [5, 5.41) is 2.86. The van der Waals surface area contributed by atoms with E-state index >= 15 is 0 Å². The van der Waals surface area contributed by atoms with Crippen molar-refractivity contribution in [3.05, 3.63) is 0 Å². The molecule has 0 aromatic carbocycles. The highest BCUT2D eigenvalue weighted by Crippen LogP contribution is 2.12. The van der Waals surface area contributed by atoms with Gasteiger partial charge in [-0.05, 0) is 19.6 Å². The van der Waals surface area contributed by atoms with Crippen LogP contribution in [0.1, 0.15) is 32.6 Å². The molecular weight excluding hydrogens is 254 g/mol. The third-order valence-corrected chi connectivity index (χ3v) is 3.69. The molecule has 0 saturated carbocycles. The van der Waals surface area contributed by atoms with Crippen molar-refractivity contribution >= 4 is 5.91 Å². The molecule has 0 aliphatic carbocycles. The lowest BCUT2D eigenvalue weighted by molar-refractivity contribution is -0.928. The number of quaternary nitrogens is 1. The average Bonchev–Trinajstić information content (AvgIpc) is 2.44. The molecule has 6 heteroatoms. The van der Waals surface area contributed by atoms with Gasteiger partial charge < -0.3 is 27.0 Å². The van der Waals surface area contributed by atoms with Crippen molar-refractivity contribution in [1.29, 1.82) is 0 Å². The molecule has 20 heavy (non-hydrogen) atoms. The van der Waals surface area contributed by atoms with Gasteiger partial charge in [-0.25, -0.2) is 0 Å². The number of rotatable bonds is 13. The number of nitrogens with two attached hydrogens (primary N) is 3. The molecule has 1 amide bonds. The van der Waals surface area contributed by atoms with Gasteiger partial charge in [-0.1, -0.05) is 0 Å². The number of amides is 1. The standard InChI is InChI=1S/C14H33N5O/c1-14(20)18-9-5-13-19(10-2-6-15,11-3-7-16)12-4-8-17/h2-13,15-17H2,1H3/p+1. The van der Waals surface area contributed by atoms with Crippen molar-refractivity contribution in [2.45, 2.75) is 32.6 Å². The molecule has 0 fully saturated rings. The summed E-state index contributed by atoms with van der Waals surface area (Å²) in [5.74, 6) is 0.0361. The van der Waals surface area contributed by atoms with Crippen molar-refractivity contribution < 1.29 is 9.28 Å². The molecule has 0 aliphatic rings. The number of carbonyl (C=O) groups is 1. The van der Waals surface area contributed by atoms with Crippen molar-refractivity contribution in [2.24, 2.45) is 17.2 Å². The summed E-state index contributed by atoms with van der Waals surface area (Å²) >= 11 is 0. The Hall–Kier alpha value is -0.690. The van der Waals surface area contributed by atoms with Gasteiger partial charge in [-0.2, -0.15) is 0 Å². The Balaban J connectivity index is 4.44. The minimum atomic E-state index is 0.0361. The number of carbonyl (C=O) groups excluding carboxylic acids is 1. The maximum Gasteiger partial charge on any atom is 0.216 e. The van der Waals surface area contributed by atoms with E-state index < -0.39 is 0 Å². The van der Waals surface area contributed by atoms with Gasteiger partial charge in [0.15, 0.2) is 0 Å². The van der Waals surface area contributed by atoms with E-state index in [1.54, 1.807) is 6.92 Å². The third-order valence-electron chi connectivity index (χ3n) is 3.69. The monoisotopic (exact) mass is 288 g/mol. The maximum absolute atomic E-state index is 10.9. The zero-order valence-corrected chi connectivity index (χ0v) is 13.1. The Morgan fingerprint density at radius 1 is 0.850 bits per heavy atom. The molecular formula is C14H34N5O+. The van der Waals surface area contributed by atoms with Crippen LogP contribution in [-0.4, -0.2) is 62.7 Å². The van der Waals surface area contributed by atoms with E-state index in [2.05, 4.69) is 5.32 Å². The summed E-state index contributed by atoms with van der Waals surface area (Å²) in [5.41, 5.74) is 17.0. The van der Waals surface area contributed by atoms with E-state index in [9.17, 15) is 4.79 Å². The van der Waals surface area contributed by atoms with E-state index in [1.807, 2.05) is 0 Å². The van der Waals surface area contributed by atoms with Crippen LogP contribution in [-0.2, 0) is 4.79 Å². The van der Waals surface area contributed by atoms with Gasteiger partial charge >= 0.3 is 0 Å². The molecule has 0 unspecified atom stereocenters. The predicted octanol–water partition coefficient (Wildman–Crippen LogP) is -0.624. The van der Waals surface area contributed by atoms with Crippen LogP contribution in [0.2, 0.25) is 0 Å². The van der Waals surface area contributed by atoms with Crippen LogP contribution in [0.3, 0.4) is 0 Å². The van der Waals surface area contributed by atoms with Crippen LogP contribution < -0.4 is 22.5 Å². The smallest absolute Gasteiger partial charge is 0.216 e. The predicted molar refractivity (Wildman–Crippen MR) is 84.0 cm³/mol. The molecule has 0 saturated heterocycles. The minimum Gasteiger partial charge on any atom is -0.356 e. The second kappa shape index (κ2) is 12.1. The fraction of sp³-hybridized carbons (Fsp3) is 0.929. The van der Waals surface area contributed by atoms with E-state index in [1.165, 1.54) is 0 Å². The second-order valence-electron chi connectivity index (χ2n) is 5.50. The molecule has 0 heterocycles. The van der Waals surface area contributed by atoms with Crippen molar-refractivity contribution in [3.63, 3.8) is 0 Å². The molecule has 6 nitrogen and oxygen atoms in total. The molecule has 0 bridgehead atoms. The van der Waals surface area contributed by atoms with Crippen molar-refractivity contribution in [2.75, 3.05) is 52.4 Å². The first-order valence-corrected chi connectivity index (χ1v) is 7.80. The van der Waals surface area contributed by atoms with Gasteiger partial charge in [0, 0.05) is 39.2 Å². The zero-order chi connectivity index (χ0) is 15.3. The Bertz CT molecular complexity index is 226. The molecule has 0 radical (unpaired) electrons. The molecule has 0 atom stereocenters. The summed E-state index contributed by atoms with van der Waals surface area (Å²) in [4.78, 5) is 10.9. The number of nitrogens with one attached hydrogen (secondary N) is 1. The third kappa shape index (κ3) is 9.25. The van der Waals surface area contributed by atoms with E-state index in [-0.39, 0.29) is 5.91 Å². The fourth-order valence-electron chi connectivity index (χ4n) is 2.63. The van der Waals surface area contributed by atoms with Crippen molar-refractivity contribution in [3.8, 4) is 0 Å². The first kappa shape index (κ1) is 19.3. The summed E-state index contributed by atoms with van der Waals surface area (Å²) in [6, 6.07) is 0. The largest absolute Gasteiger partial charge is 0.356 e. The summed E-state index contributed by atoms with van der Waals surface area (Å²) < 4.78 is 1.03. The van der Waals surface area contributed by atoms with E-state index in [0.29, 0.717) is 0 Å². The Labute approximate surface area is 123 Å². The van der Waals surface area contributed by atoms with Gasteiger partial charge in [-0.15, -0.1) is 0 Å². The summed E-state index contributed by atoms with van der Waals surface area (Å²) in [6.07, 6.45) is 4.05. The molecule has 0 aromatic heterocycles. The lowest BCUT2D eigenvalue weighted by Gasteiger charge is -2.39. The highest BCUT2D eigenvalue weighted by Gasteiger charge is 2.25. The normalized spacial score (nSPS) is 11.6. The van der Waals surface area contributed by atoms with E-state index in [0.717, 1.165) is 82.5 Å².